The van der Waals surface area contributed by atoms with Crippen molar-refractivity contribution >= 4 is 77.3 Å². The summed E-state index contributed by atoms with van der Waals surface area (Å²) in [7, 11) is -3.89. The molecular formula is C70H88F2N7O16P. The van der Waals surface area contributed by atoms with Crippen LogP contribution < -0.4 is 32.3 Å². The first-order valence-corrected chi connectivity index (χ1v) is 34.0. The van der Waals surface area contributed by atoms with Crippen LogP contribution in [0.15, 0.2) is 95.8 Å². The van der Waals surface area contributed by atoms with Gasteiger partial charge in [-0.25, -0.2) is 4.79 Å². The highest BCUT2D eigenvalue weighted by Crippen LogP contribution is 2.67. The molecule has 1 saturated heterocycles. The molecule has 1 aromatic heterocycles. The summed E-state index contributed by atoms with van der Waals surface area (Å²) < 4.78 is 81.6. The van der Waals surface area contributed by atoms with Gasteiger partial charge in [0.2, 0.25) is 49.0 Å². The van der Waals surface area contributed by atoms with Gasteiger partial charge in [-0.2, -0.15) is 8.78 Å². The zero-order chi connectivity index (χ0) is 69.9. The number of carbonyl (C=O) groups excluding carboxylic acids is 8. The van der Waals surface area contributed by atoms with Crippen LogP contribution in [-0.2, 0) is 116 Å². The maximum atomic E-state index is 16.3. The molecule has 4 aromatic carbocycles. The molecule has 96 heavy (non-hydrogen) atoms. The number of para-hydroxylation sites is 2. The zero-order valence-electron chi connectivity index (χ0n) is 55.9. The highest BCUT2D eigenvalue weighted by Gasteiger charge is 2.56. The number of hydrogen-bond acceptors (Lipinski definition) is 16. The van der Waals surface area contributed by atoms with Gasteiger partial charge < -0.3 is 35.3 Å². The van der Waals surface area contributed by atoms with Crippen LogP contribution in [0.5, 0.6) is 0 Å². The van der Waals surface area contributed by atoms with Crippen molar-refractivity contribution in [2.75, 3.05) is 31.7 Å². The second kappa shape index (κ2) is 31.8. The van der Waals surface area contributed by atoms with Crippen LogP contribution >= 0.6 is 7.60 Å². The molecule has 26 heteroatoms. The van der Waals surface area contributed by atoms with Gasteiger partial charge in [-0.05, 0) is 158 Å². The number of nitrogens with one attached hydrogen (secondary N) is 3. The number of rotatable bonds is 31. The summed E-state index contributed by atoms with van der Waals surface area (Å²) >= 11 is 0. The van der Waals surface area contributed by atoms with E-state index in [0.717, 1.165) is 84.0 Å². The molecule has 5 aromatic rings. The number of aryl methyl sites for hydroxylation is 4. The number of nitrogens with two attached hydrogens (primary N) is 1. The number of fused-ring (bicyclic) bond motifs is 1. The van der Waals surface area contributed by atoms with Gasteiger partial charge in [0.05, 0.1) is 46.3 Å². The van der Waals surface area contributed by atoms with E-state index in [1.807, 2.05) is 60.7 Å². The van der Waals surface area contributed by atoms with E-state index in [0.29, 0.717) is 42.0 Å². The Bertz CT molecular complexity index is 3800. The molecule has 1 unspecified atom stereocenters. The summed E-state index contributed by atoms with van der Waals surface area (Å²) in [5.74, 6) is -4.74. The third-order valence-electron chi connectivity index (χ3n) is 17.3. The minimum Gasteiger partial charge on any atom is -0.438 e. The topological polar surface area (TPSA) is 301 Å². The van der Waals surface area contributed by atoms with Gasteiger partial charge in [-0.3, -0.25) is 71.3 Å². The molecule has 5 N–H and O–H groups in total. The van der Waals surface area contributed by atoms with E-state index in [-0.39, 0.29) is 56.7 Å². The third kappa shape index (κ3) is 18.1. The Labute approximate surface area is 557 Å². The van der Waals surface area contributed by atoms with E-state index in [9.17, 15) is 47.7 Å². The Balaban J connectivity index is 0.814. The number of amides is 6. The molecule has 0 spiro atoms. The summed E-state index contributed by atoms with van der Waals surface area (Å²) in [5, 5.41) is 8.21. The van der Waals surface area contributed by atoms with Crippen molar-refractivity contribution < 1.29 is 79.7 Å². The first-order chi connectivity index (χ1) is 45.4. The molecule has 5 atom stereocenters. The molecule has 0 bridgehead atoms. The summed E-state index contributed by atoms with van der Waals surface area (Å²) in [6.07, 6.45) is 6.94. The number of hydrogen-bond donors (Lipinski definition) is 4. The highest BCUT2D eigenvalue weighted by atomic mass is 31.2. The van der Waals surface area contributed by atoms with Gasteiger partial charge in [0.15, 0.2) is 0 Å². The first kappa shape index (κ1) is 73.6. The van der Waals surface area contributed by atoms with Gasteiger partial charge in [-0.15, -0.1) is 0 Å². The van der Waals surface area contributed by atoms with Crippen molar-refractivity contribution in [1.29, 1.82) is 0 Å². The molecule has 4 heterocycles. The monoisotopic (exact) mass is 1350 g/mol. The van der Waals surface area contributed by atoms with Gasteiger partial charge in [-0.1, -0.05) is 85.3 Å². The Hall–Kier alpha value is -8.22. The van der Waals surface area contributed by atoms with Crippen LogP contribution in [0, 0.1) is 10.8 Å². The Morgan fingerprint density at radius 2 is 1.42 bits per heavy atom. The molecular weight excluding hydrogens is 1260 g/mol. The molecule has 3 aliphatic rings. The number of primary amides is 1. The Kier molecular flexibility index (Phi) is 24.3. The quantitative estimate of drug-likeness (QED) is 0.00802. The molecule has 6 amide bonds. The lowest BCUT2D eigenvalue weighted by atomic mass is 9.98. The third-order valence-corrected chi connectivity index (χ3v) is 19.1. The lowest BCUT2D eigenvalue weighted by Gasteiger charge is -2.31. The summed E-state index contributed by atoms with van der Waals surface area (Å²) in [6, 6.07) is 20.1. The fourth-order valence-corrected chi connectivity index (χ4v) is 13.0. The Morgan fingerprint density at radius 3 is 2.06 bits per heavy atom. The number of esters is 2. The predicted octanol–water partition coefficient (Wildman–Crippen LogP) is 9.20. The molecule has 518 valence electrons. The highest BCUT2D eigenvalue weighted by molar-refractivity contribution is 7.54. The SMILES string of the molecule is C/C(=C\C(=O)N[C@H]1CCc2cccc3c2N(C1=O)[C@H](C(=O)N[C@@H](CCC(N)=O)[C@@H](C)OCc1ccc(CCCOCCCCCc2cccc4c2n(C)c(=O)n4C2CCC(=O)NC2=O)cc1)C3)c1ccc(C(F)(F)P(=O)(OCOC(=O)C(C)(C)C)OCOC(=O)C(C)(C)C)cc1. The number of anilines is 1. The molecule has 0 saturated carbocycles. The van der Waals surface area contributed by atoms with Crippen LogP contribution in [0.25, 0.3) is 16.6 Å². The maximum Gasteiger partial charge on any atom is 0.410 e. The normalized spacial score (nSPS) is 17.5. The summed E-state index contributed by atoms with van der Waals surface area (Å²) in [4.78, 5) is 119. The molecule has 0 radical (unpaired) electrons. The van der Waals surface area contributed by atoms with Crippen LogP contribution in [0.4, 0.5) is 14.5 Å². The molecule has 3 aliphatic heterocycles. The fraction of sp³-hybridized carbons (Fsp3) is 0.500. The number of alkyl halides is 2. The molecule has 0 aliphatic carbocycles. The van der Waals surface area contributed by atoms with Crippen molar-refractivity contribution in [3.63, 3.8) is 0 Å². The smallest absolute Gasteiger partial charge is 0.410 e. The van der Waals surface area contributed by atoms with E-state index >= 15 is 8.78 Å². The number of halogens is 2. The average molecular weight is 1350 g/mol. The Morgan fingerprint density at radius 1 is 0.781 bits per heavy atom. The maximum absolute atomic E-state index is 16.3. The van der Waals surface area contributed by atoms with E-state index in [4.69, 9.17) is 33.7 Å². The van der Waals surface area contributed by atoms with E-state index in [2.05, 4.69) is 16.0 Å². The van der Waals surface area contributed by atoms with Gasteiger partial charge >= 0.3 is 30.9 Å². The van der Waals surface area contributed by atoms with Crippen molar-refractivity contribution in [1.82, 2.24) is 25.1 Å². The van der Waals surface area contributed by atoms with Crippen LogP contribution in [0.2, 0.25) is 0 Å². The number of benzene rings is 4. The van der Waals surface area contributed by atoms with Crippen molar-refractivity contribution in [2.45, 2.75) is 181 Å². The number of allylic oxidation sites excluding steroid dienone is 1. The number of imide groups is 1. The first-order valence-electron chi connectivity index (χ1n) is 32.4. The number of ether oxygens (including phenoxy) is 4. The van der Waals surface area contributed by atoms with Gasteiger partial charge in [0.1, 0.15) is 18.1 Å². The number of unbranched alkanes of at least 4 members (excludes halogenated alkanes) is 2. The number of carbonyl (C=O) groups is 8. The molecule has 1 fully saturated rings. The number of aromatic nitrogens is 2. The summed E-state index contributed by atoms with van der Waals surface area (Å²) in [5.41, 5.74) is 5.24. The van der Waals surface area contributed by atoms with Gasteiger partial charge in [0.25, 0.3) is 0 Å². The van der Waals surface area contributed by atoms with Crippen LogP contribution in [-0.4, -0.2) is 108 Å². The van der Waals surface area contributed by atoms with Crippen molar-refractivity contribution in [3.05, 3.63) is 140 Å². The predicted molar refractivity (Wildman–Crippen MR) is 353 cm³/mol. The number of nitrogens with zero attached hydrogens (tertiary/aromatic N) is 3. The second-order valence-corrected chi connectivity index (χ2v) is 28.8. The van der Waals surface area contributed by atoms with Crippen LogP contribution in [0.3, 0.4) is 0 Å². The largest absolute Gasteiger partial charge is 0.438 e. The average Bonchev–Trinajstić information content (AvgIpc) is 1.56. The lowest BCUT2D eigenvalue weighted by Crippen LogP contribution is -2.56. The van der Waals surface area contributed by atoms with Crippen molar-refractivity contribution in [2.24, 2.45) is 23.6 Å². The molecule has 23 nitrogen and oxygen atoms in total. The zero-order valence-corrected chi connectivity index (χ0v) is 56.8. The van der Waals surface area contributed by atoms with E-state index in [1.54, 1.807) is 25.5 Å². The number of imidazole rings is 1. The van der Waals surface area contributed by atoms with E-state index < -0.39 is 115 Å². The molecule has 8 rings (SSSR count). The van der Waals surface area contributed by atoms with Crippen LogP contribution in [0.1, 0.15) is 158 Å². The lowest BCUT2D eigenvalue weighted by molar-refractivity contribution is -0.163. The number of piperidine rings is 1. The standard InChI is InChI=1S/C70H88F2N7O16P/c1-43(47-26-29-51(30-27-47)70(71,72)96(89,94-41-92-65(86)68(3,4)5)95-42-93-66(87)69(6,7)8)38-59(82)74-53-31-28-49-18-13-20-50-39-56(79(60(49)50)64(53)85)63(84)75-52(32-34-57(73)80)44(2)91-40-46-24-22-45(23-25-46)16-15-37-90-36-12-10-11-17-48-19-14-21-54-61(48)77(9)67(88)78(54)55-33-35-58(81)76-62(55)83/h13-14,18-27,29-30,38,44,52-53,55-56H,10-12,15-17,28,31-37,39-42H2,1-9H3,(H2,73,80)(H,74,82)(H,75,84)(H,76,81,83)/b43-38+/t44-,52+,53+,55?,56+/m1/s1. The minimum absolute atomic E-state index is 0.0535. The van der Waals surface area contributed by atoms with Gasteiger partial charge in [0, 0.05) is 51.2 Å². The van der Waals surface area contributed by atoms with E-state index in [1.165, 1.54) is 69.2 Å². The fourth-order valence-electron chi connectivity index (χ4n) is 11.8. The summed E-state index contributed by atoms with van der Waals surface area (Å²) in [6.45, 7) is 11.5. The van der Waals surface area contributed by atoms with Crippen molar-refractivity contribution in [3.8, 4) is 0 Å². The second-order valence-electron chi connectivity index (χ2n) is 26.7. The minimum atomic E-state index is -5.60.